The van der Waals surface area contributed by atoms with Crippen molar-refractivity contribution in [3.05, 3.63) is 59.2 Å². The molecular formula is C20H23N3O6. The molecule has 0 unspecified atom stereocenters. The summed E-state index contributed by atoms with van der Waals surface area (Å²) < 4.78 is 15.2. The Morgan fingerprint density at radius 2 is 1.79 bits per heavy atom. The van der Waals surface area contributed by atoms with Crippen LogP contribution in [0.25, 0.3) is 0 Å². The molecule has 9 nitrogen and oxygen atoms in total. The molecule has 0 bridgehead atoms. The van der Waals surface area contributed by atoms with Crippen molar-refractivity contribution in [2.75, 3.05) is 20.8 Å². The van der Waals surface area contributed by atoms with Crippen LogP contribution in [-0.4, -0.2) is 38.7 Å². The minimum absolute atomic E-state index is 0.121. The van der Waals surface area contributed by atoms with E-state index < -0.39 is 17.9 Å². The highest BCUT2D eigenvalue weighted by atomic mass is 16.5. The molecule has 0 aliphatic carbocycles. The van der Waals surface area contributed by atoms with Crippen molar-refractivity contribution < 1.29 is 28.6 Å². The lowest BCUT2D eigenvalue weighted by Gasteiger charge is -2.12. The summed E-state index contributed by atoms with van der Waals surface area (Å²) in [5.41, 5.74) is 6.37. The SMILES string of the molecule is COC(=O)c1cc(CNC(=O)NNC(=O)COc2cccc(C)c2)ccc1OC. The smallest absolute Gasteiger partial charge is 0.341 e. The number of amides is 3. The molecule has 2 aromatic carbocycles. The average Bonchev–Trinajstić information content (AvgIpc) is 2.74. The summed E-state index contributed by atoms with van der Waals surface area (Å²) in [5, 5.41) is 2.56. The molecule has 154 valence electrons. The number of benzene rings is 2. The first-order chi connectivity index (χ1) is 13.9. The van der Waals surface area contributed by atoms with Gasteiger partial charge >= 0.3 is 12.0 Å². The number of carbonyl (C=O) groups excluding carboxylic acids is 3. The Hall–Kier alpha value is -3.75. The van der Waals surface area contributed by atoms with Gasteiger partial charge in [0.15, 0.2) is 6.61 Å². The van der Waals surface area contributed by atoms with Crippen molar-refractivity contribution in [2.45, 2.75) is 13.5 Å². The summed E-state index contributed by atoms with van der Waals surface area (Å²) in [5.74, 6) is -0.135. The molecule has 0 aromatic heterocycles. The standard InChI is InChI=1S/C20H23N3O6/c1-13-5-4-6-15(9-13)29-12-18(24)22-23-20(26)21-11-14-7-8-17(27-2)16(10-14)19(25)28-3/h4-10H,11-12H2,1-3H3,(H,22,24)(H2,21,23,26). The molecule has 9 heteroatoms. The molecule has 3 N–H and O–H groups in total. The molecule has 3 amide bonds. The highest BCUT2D eigenvalue weighted by Crippen LogP contribution is 2.20. The normalized spacial score (nSPS) is 9.90. The van der Waals surface area contributed by atoms with Gasteiger partial charge in [-0.1, -0.05) is 18.2 Å². The number of nitrogens with one attached hydrogen (secondary N) is 3. The molecule has 2 rings (SSSR count). The lowest BCUT2D eigenvalue weighted by Crippen LogP contribution is -2.48. The van der Waals surface area contributed by atoms with E-state index in [1.807, 2.05) is 19.1 Å². The van der Waals surface area contributed by atoms with Crippen molar-refractivity contribution in [2.24, 2.45) is 0 Å². The molecule has 0 radical (unpaired) electrons. The van der Waals surface area contributed by atoms with Crippen molar-refractivity contribution in [1.82, 2.24) is 16.2 Å². The maximum atomic E-state index is 11.8. The topological polar surface area (TPSA) is 115 Å². The van der Waals surface area contributed by atoms with E-state index in [0.29, 0.717) is 17.1 Å². The van der Waals surface area contributed by atoms with Gasteiger partial charge in [-0.25, -0.2) is 15.0 Å². The second-order valence-corrected chi connectivity index (χ2v) is 5.99. The minimum atomic E-state index is -0.621. The van der Waals surface area contributed by atoms with Gasteiger partial charge in [0.1, 0.15) is 17.1 Å². The van der Waals surface area contributed by atoms with Crippen LogP contribution in [-0.2, 0) is 16.1 Å². The Kier molecular flexibility index (Phi) is 7.84. The molecular weight excluding hydrogens is 378 g/mol. The minimum Gasteiger partial charge on any atom is -0.496 e. The van der Waals surface area contributed by atoms with E-state index in [2.05, 4.69) is 16.2 Å². The molecule has 0 heterocycles. The molecule has 0 fully saturated rings. The van der Waals surface area contributed by atoms with Crippen LogP contribution in [0.4, 0.5) is 4.79 Å². The Bertz CT molecular complexity index is 884. The first kappa shape index (κ1) is 21.5. The summed E-state index contributed by atoms with van der Waals surface area (Å²) in [7, 11) is 2.71. The molecule has 0 saturated carbocycles. The summed E-state index contributed by atoms with van der Waals surface area (Å²) in [6.45, 7) is 1.79. The number of rotatable bonds is 7. The number of methoxy groups -OCH3 is 2. The van der Waals surface area contributed by atoms with E-state index >= 15 is 0 Å². The number of esters is 1. The molecule has 0 aliphatic rings. The van der Waals surface area contributed by atoms with Gasteiger partial charge in [-0.05, 0) is 42.3 Å². The molecule has 2 aromatic rings. The number of ether oxygens (including phenoxy) is 3. The second-order valence-electron chi connectivity index (χ2n) is 5.99. The number of carbonyl (C=O) groups is 3. The number of aryl methyl sites for hydroxylation is 1. The highest BCUT2D eigenvalue weighted by molar-refractivity contribution is 5.92. The van der Waals surface area contributed by atoms with Gasteiger partial charge in [-0.2, -0.15) is 0 Å². The van der Waals surface area contributed by atoms with Crippen molar-refractivity contribution >= 4 is 17.9 Å². The maximum absolute atomic E-state index is 11.8. The van der Waals surface area contributed by atoms with Crippen LogP contribution < -0.4 is 25.6 Å². The van der Waals surface area contributed by atoms with Crippen molar-refractivity contribution in [1.29, 1.82) is 0 Å². The summed E-state index contributed by atoms with van der Waals surface area (Å²) in [6.07, 6.45) is 0. The summed E-state index contributed by atoms with van der Waals surface area (Å²) in [6, 6.07) is 11.5. The van der Waals surface area contributed by atoms with E-state index in [1.54, 1.807) is 30.3 Å². The van der Waals surface area contributed by atoms with Gasteiger partial charge in [0.25, 0.3) is 5.91 Å². The van der Waals surface area contributed by atoms with Crippen molar-refractivity contribution in [3.63, 3.8) is 0 Å². The fourth-order valence-corrected chi connectivity index (χ4v) is 2.38. The van der Waals surface area contributed by atoms with E-state index in [1.165, 1.54) is 14.2 Å². The first-order valence-corrected chi connectivity index (χ1v) is 8.70. The predicted octanol–water partition coefficient (Wildman–Crippen LogP) is 1.70. The lowest BCUT2D eigenvalue weighted by molar-refractivity contribution is -0.123. The number of hydrazine groups is 1. The van der Waals surface area contributed by atoms with Gasteiger partial charge in [0.05, 0.1) is 14.2 Å². The number of hydrogen-bond donors (Lipinski definition) is 3. The molecule has 0 saturated heterocycles. The highest BCUT2D eigenvalue weighted by Gasteiger charge is 2.14. The van der Waals surface area contributed by atoms with Gasteiger partial charge in [-0.3, -0.25) is 10.2 Å². The predicted molar refractivity (Wildman–Crippen MR) is 105 cm³/mol. The Morgan fingerprint density at radius 3 is 2.48 bits per heavy atom. The first-order valence-electron chi connectivity index (χ1n) is 8.70. The largest absolute Gasteiger partial charge is 0.496 e. The van der Waals surface area contributed by atoms with Crippen LogP contribution in [0.2, 0.25) is 0 Å². The van der Waals surface area contributed by atoms with Crippen LogP contribution in [0.15, 0.2) is 42.5 Å². The Labute approximate surface area is 168 Å². The number of urea groups is 1. The zero-order valence-corrected chi connectivity index (χ0v) is 16.4. The fraction of sp³-hybridized carbons (Fsp3) is 0.250. The van der Waals surface area contributed by atoms with Crippen LogP contribution >= 0.6 is 0 Å². The lowest BCUT2D eigenvalue weighted by atomic mass is 10.1. The quantitative estimate of drug-likeness (QED) is 0.481. The van der Waals surface area contributed by atoms with Gasteiger partial charge in [-0.15, -0.1) is 0 Å². The summed E-state index contributed by atoms with van der Waals surface area (Å²) >= 11 is 0. The maximum Gasteiger partial charge on any atom is 0.341 e. The van der Waals surface area contributed by atoms with Gasteiger partial charge in [0, 0.05) is 6.54 Å². The zero-order chi connectivity index (χ0) is 21.2. The van der Waals surface area contributed by atoms with Crippen LogP contribution in [0.3, 0.4) is 0 Å². The van der Waals surface area contributed by atoms with Crippen LogP contribution in [0, 0.1) is 6.92 Å². The monoisotopic (exact) mass is 401 g/mol. The van der Waals surface area contributed by atoms with E-state index in [4.69, 9.17) is 14.2 Å². The molecule has 0 spiro atoms. The van der Waals surface area contributed by atoms with Crippen molar-refractivity contribution in [3.8, 4) is 11.5 Å². The Morgan fingerprint density at radius 1 is 1.00 bits per heavy atom. The third-order valence-corrected chi connectivity index (χ3v) is 3.80. The number of hydrogen-bond acceptors (Lipinski definition) is 6. The molecule has 0 atom stereocenters. The third-order valence-electron chi connectivity index (χ3n) is 3.80. The molecule has 29 heavy (non-hydrogen) atoms. The zero-order valence-electron chi connectivity index (χ0n) is 16.4. The van der Waals surface area contributed by atoms with Gasteiger partial charge < -0.3 is 19.5 Å². The van der Waals surface area contributed by atoms with Gasteiger partial charge in [0.2, 0.25) is 0 Å². The van der Waals surface area contributed by atoms with E-state index in [-0.39, 0.29) is 18.7 Å². The second kappa shape index (κ2) is 10.5. The third kappa shape index (κ3) is 6.73. The molecule has 0 aliphatic heterocycles. The Balaban J connectivity index is 1.78. The van der Waals surface area contributed by atoms with E-state index in [9.17, 15) is 14.4 Å². The van der Waals surface area contributed by atoms with Crippen LogP contribution in [0.5, 0.6) is 11.5 Å². The summed E-state index contributed by atoms with van der Waals surface area (Å²) in [4.78, 5) is 35.4. The van der Waals surface area contributed by atoms with Crippen LogP contribution in [0.1, 0.15) is 21.5 Å². The average molecular weight is 401 g/mol. The van der Waals surface area contributed by atoms with E-state index in [0.717, 1.165) is 5.56 Å². The fourth-order valence-electron chi connectivity index (χ4n) is 2.38.